The number of hydrogen-bond acceptors (Lipinski definition) is 6. The zero-order valence-corrected chi connectivity index (χ0v) is 18.2. The molecular formula is C22H18ClN5O3S. The number of aromatic nitrogens is 1. The zero-order chi connectivity index (χ0) is 22.7. The van der Waals surface area contributed by atoms with Crippen molar-refractivity contribution in [2.45, 2.75) is 18.5 Å². The average Bonchev–Trinajstić information content (AvgIpc) is 3.43. The molecule has 1 saturated heterocycles. The second kappa shape index (κ2) is 9.36. The van der Waals surface area contributed by atoms with Crippen molar-refractivity contribution in [3.63, 3.8) is 0 Å². The molecule has 1 aliphatic heterocycles. The second-order valence-electron chi connectivity index (χ2n) is 7.21. The van der Waals surface area contributed by atoms with Crippen molar-refractivity contribution in [3.8, 4) is 11.8 Å². The molecule has 3 N–H and O–H groups in total. The maximum Gasteiger partial charge on any atom is 0.261 e. The van der Waals surface area contributed by atoms with E-state index in [1.807, 2.05) is 0 Å². The van der Waals surface area contributed by atoms with Crippen molar-refractivity contribution < 1.29 is 9.59 Å². The smallest absolute Gasteiger partial charge is 0.261 e. The van der Waals surface area contributed by atoms with Crippen LogP contribution in [0.15, 0.2) is 59.5 Å². The summed E-state index contributed by atoms with van der Waals surface area (Å²) in [4.78, 5) is 37.6. The number of benzene rings is 1. The highest BCUT2D eigenvalue weighted by molar-refractivity contribution is 7.18. The van der Waals surface area contributed by atoms with Gasteiger partial charge in [0.25, 0.3) is 11.5 Å². The number of anilines is 1. The summed E-state index contributed by atoms with van der Waals surface area (Å²) in [6.45, 7) is 0.448. The molecule has 1 aromatic carbocycles. The van der Waals surface area contributed by atoms with Crippen LogP contribution in [0.2, 0.25) is 4.34 Å². The number of thiophene rings is 1. The van der Waals surface area contributed by atoms with Gasteiger partial charge in [0.05, 0.1) is 32.2 Å². The van der Waals surface area contributed by atoms with E-state index in [9.17, 15) is 19.6 Å². The van der Waals surface area contributed by atoms with E-state index in [1.165, 1.54) is 22.0 Å². The molecule has 0 bridgehead atoms. The minimum Gasteiger partial charge on any atom is -0.347 e. The standard InChI is InChI=1S/C22H18ClN5O3S/c23-19-7-6-18(32-19)22(31)26-14-10-17(25-12-14)21(30)27-16-5-4-15(9-13(16)11-24)28-8-2-1-3-20(28)29/h1-9,14,17,25H,10,12H2,(H,26,31)(H,27,30)/t14?,17-/m0/s1. The molecule has 0 saturated carbocycles. The van der Waals surface area contributed by atoms with E-state index in [1.54, 1.807) is 48.7 Å². The maximum absolute atomic E-state index is 12.7. The van der Waals surface area contributed by atoms with Gasteiger partial charge >= 0.3 is 0 Å². The first-order valence-electron chi connectivity index (χ1n) is 9.77. The lowest BCUT2D eigenvalue weighted by molar-refractivity contribution is -0.117. The van der Waals surface area contributed by atoms with Gasteiger partial charge in [-0.15, -0.1) is 11.3 Å². The van der Waals surface area contributed by atoms with Crippen LogP contribution in [-0.4, -0.2) is 35.0 Å². The summed E-state index contributed by atoms with van der Waals surface area (Å²) in [6.07, 6.45) is 2.02. The van der Waals surface area contributed by atoms with Gasteiger partial charge in [-0.2, -0.15) is 5.26 Å². The van der Waals surface area contributed by atoms with E-state index >= 15 is 0 Å². The lowest BCUT2D eigenvalue weighted by Gasteiger charge is -2.14. The fourth-order valence-electron chi connectivity index (χ4n) is 3.48. The van der Waals surface area contributed by atoms with E-state index < -0.39 is 6.04 Å². The fourth-order valence-corrected chi connectivity index (χ4v) is 4.43. The monoisotopic (exact) mass is 467 g/mol. The molecule has 4 rings (SSSR count). The maximum atomic E-state index is 12.7. The Kier molecular flexibility index (Phi) is 6.37. The van der Waals surface area contributed by atoms with Gasteiger partial charge in [0.2, 0.25) is 5.91 Å². The summed E-state index contributed by atoms with van der Waals surface area (Å²) in [5, 5.41) is 18.3. The Labute approximate surface area is 192 Å². The SMILES string of the molecule is N#Cc1cc(-n2ccccc2=O)ccc1NC(=O)[C@@H]1CC(NC(=O)c2ccc(Cl)s2)CN1. The Morgan fingerprint density at radius 3 is 2.78 bits per heavy atom. The number of carbonyl (C=O) groups excluding carboxylic acids is 2. The number of nitrogens with one attached hydrogen (secondary N) is 3. The zero-order valence-electron chi connectivity index (χ0n) is 16.7. The first-order valence-corrected chi connectivity index (χ1v) is 11.0. The van der Waals surface area contributed by atoms with Crippen molar-refractivity contribution in [1.29, 1.82) is 5.26 Å². The van der Waals surface area contributed by atoms with Gasteiger partial charge in [0.15, 0.2) is 0 Å². The lowest BCUT2D eigenvalue weighted by Crippen LogP contribution is -2.35. The third-order valence-corrected chi connectivity index (χ3v) is 6.29. The van der Waals surface area contributed by atoms with E-state index in [-0.39, 0.29) is 29.0 Å². The molecule has 162 valence electrons. The fraction of sp³-hybridized carbons (Fsp3) is 0.182. The lowest BCUT2D eigenvalue weighted by atomic mass is 10.1. The number of pyridine rings is 1. The first kappa shape index (κ1) is 21.8. The van der Waals surface area contributed by atoms with Crippen molar-refractivity contribution in [2.24, 2.45) is 0 Å². The minimum absolute atomic E-state index is 0.207. The highest BCUT2D eigenvalue weighted by Crippen LogP contribution is 2.22. The number of carbonyl (C=O) groups is 2. The molecule has 0 spiro atoms. The van der Waals surface area contributed by atoms with Crippen LogP contribution in [0.3, 0.4) is 0 Å². The molecule has 32 heavy (non-hydrogen) atoms. The molecule has 10 heteroatoms. The van der Waals surface area contributed by atoms with Crippen molar-refractivity contribution in [2.75, 3.05) is 11.9 Å². The first-order chi connectivity index (χ1) is 15.4. The summed E-state index contributed by atoms with van der Waals surface area (Å²) in [5.41, 5.74) is 0.901. The van der Waals surface area contributed by atoms with Crippen LogP contribution < -0.4 is 21.5 Å². The van der Waals surface area contributed by atoms with Crippen LogP contribution >= 0.6 is 22.9 Å². The van der Waals surface area contributed by atoms with Gasteiger partial charge in [-0.3, -0.25) is 19.0 Å². The second-order valence-corrected chi connectivity index (χ2v) is 8.93. The van der Waals surface area contributed by atoms with E-state index in [2.05, 4.69) is 22.0 Å². The molecule has 2 amide bonds. The summed E-state index contributed by atoms with van der Waals surface area (Å²) in [5.74, 6) is -0.532. The van der Waals surface area contributed by atoms with Crippen LogP contribution in [0.5, 0.6) is 0 Å². The molecule has 1 fully saturated rings. The van der Waals surface area contributed by atoms with Crippen LogP contribution in [-0.2, 0) is 4.79 Å². The van der Waals surface area contributed by atoms with Gasteiger partial charge < -0.3 is 16.0 Å². The molecule has 2 atom stereocenters. The van der Waals surface area contributed by atoms with Gasteiger partial charge in [-0.05, 0) is 42.8 Å². The van der Waals surface area contributed by atoms with E-state index in [0.717, 1.165) is 0 Å². The van der Waals surface area contributed by atoms with Gasteiger partial charge in [0.1, 0.15) is 6.07 Å². The van der Waals surface area contributed by atoms with Crippen LogP contribution in [0.4, 0.5) is 5.69 Å². The number of amides is 2. The molecule has 3 aromatic rings. The van der Waals surface area contributed by atoms with E-state index in [0.29, 0.717) is 33.6 Å². The number of hydrogen-bond donors (Lipinski definition) is 3. The third kappa shape index (κ3) is 4.73. The number of halogens is 1. The number of nitriles is 1. The summed E-state index contributed by atoms with van der Waals surface area (Å²) in [6, 6.07) is 14.2. The minimum atomic E-state index is -0.518. The van der Waals surface area contributed by atoms with Crippen LogP contribution in [0, 0.1) is 11.3 Å². The van der Waals surface area contributed by atoms with Crippen molar-refractivity contribution in [3.05, 3.63) is 79.9 Å². The Bertz CT molecular complexity index is 1280. The number of rotatable bonds is 5. The Morgan fingerprint density at radius 2 is 2.06 bits per heavy atom. The molecule has 1 unspecified atom stereocenters. The molecule has 0 aliphatic carbocycles. The largest absolute Gasteiger partial charge is 0.347 e. The molecule has 1 aliphatic rings. The van der Waals surface area contributed by atoms with Gasteiger partial charge in [0, 0.05) is 24.8 Å². The van der Waals surface area contributed by atoms with E-state index in [4.69, 9.17) is 11.6 Å². The Morgan fingerprint density at radius 1 is 1.22 bits per heavy atom. The summed E-state index contributed by atoms with van der Waals surface area (Å²) >= 11 is 7.07. The molecule has 0 radical (unpaired) electrons. The predicted octanol–water partition coefficient (Wildman–Crippen LogP) is 2.52. The molecule has 2 aromatic heterocycles. The van der Waals surface area contributed by atoms with Gasteiger partial charge in [-0.25, -0.2) is 0 Å². The Balaban J connectivity index is 1.41. The Hall–Kier alpha value is -3.45. The average molecular weight is 468 g/mol. The van der Waals surface area contributed by atoms with Crippen LogP contribution in [0.1, 0.15) is 21.7 Å². The topological polar surface area (TPSA) is 116 Å². The van der Waals surface area contributed by atoms with Crippen LogP contribution in [0.25, 0.3) is 5.69 Å². The molecule has 8 nitrogen and oxygen atoms in total. The quantitative estimate of drug-likeness (QED) is 0.533. The normalized spacial score (nSPS) is 17.5. The highest BCUT2D eigenvalue weighted by atomic mass is 35.5. The molecular weight excluding hydrogens is 450 g/mol. The predicted molar refractivity (Wildman–Crippen MR) is 122 cm³/mol. The summed E-state index contributed by atoms with van der Waals surface area (Å²) in [7, 11) is 0. The molecule has 3 heterocycles. The van der Waals surface area contributed by atoms with Gasteiger partial charge in [-0.1, -0.05) is 17.7 Å². The highest BCUT2D eigenvalue weighted by Gasteiger charge is 2.31. The third-order valence-electron chi connectivity index (χ3n) is 5.06. The number of nitrogens with zero attached hydrogens (tertiary/aromatic N) is 2. The summed E-state index contributed by atoms with van der Waals surface area (Å²) < 4.78 is 1.95. The van der Waals surface area contributed by atoms with Crippen molar-refractivity contribution >= 4 is 40.4 Å². The van der Waals surface area contributed by atoms with Crippen molar-refractivity contribution in [1.82, 2.24) is 15.2 Å².